The number of fused-ring (bicyclic) bond motifs is 2. The average molecular weight is 343 g/mol. The van der Waals surface area contributed by atoms with Crippen molar-refractivity contribution in [1.82, 2.24) is 4.90 Å². The van der Waals surface area contributed by atoms with Crippen LogP contribution in [0.4, 0.5) is 13.2 Å². The van der Waals surface area contributed by atoms with E-state index in [4.69, 9.17) is 0 Å². The predicted octanol–water partition coefficient (Wildman–Crippen LogP) is 5.01. The fourth-order valence-electron chi connectivity index (χ4n) is 4.15. The molecule has 2 aliphatic heterocycles. The first-order chi connectivity index (χ1) is 12.1. The molecule has 2 heterocycles. The Kier molecular flexibility index (Phi) is 4.38. The minimum atomic E-state index is -1.39. The Hall–Kier alpha value is -2.07. The first kappa shape index (κ1) is 16.4. The zero-order valence-electron chi connectivity index (χ0n) is 13.9. The monoisotopic (exact) mass is 343 g/mol. The van der Waals surface area contributed by atoms with Crippen LogP contribution in [0.1, 0.15) is 30.4 Å². The SMILES string of the molecule is Fc1cc(CC2=CC3CCC(C2)N3Cc2ccccc2)cc(F)c1F. The number of rotatable bonds is 4. The largest absolute Gasteiger partial charge is 0.289 e. The number of halogens is 3. The summed E-state index contributed by atoms with van der Waals surface area (Å²) in [6.07, 6.45) is 5.90. The molecule has 0 aromatic heterocycles. The predicted molar refractivity (Wildman–Crippen MR) is 91.5 cm³/mol. The molecule has 0 N–H and O–H groups in total. The molecule has 130 valence electrons. The molecule has 25 heavy (non-hydrogen) atoms. The highest BCUT2D eigenvalue weighted by atomic mass is 19.2. The molecular weight excluding hydrogens is 323 g/mol. The second-order valence-corrected chi connectivity index (χ2v) is 7.04. The molecule has 1 saturated heterocycles. The van der Waals surface area contributed by atoms with Crippen LogP contribution in [0.25, 0.3) is 0 Å². The number of benzene rings is 2. The summed E-state index contributed by atoms with van der Waals surface area (Å²) in [6, 6.07) is 13.5. The summed E-state index contributed by atoms with van der Waals surface area (Å²) in [6.45, 7) is 0.930. The first-order valence-electron chi connectivity index (χ1n) is 8.73. The van der Waals surface area contributed by atoms with Crippen LogP contribution in [0.3, 0.4) is 0 Å². The highest BCUT2D eigenvalue weighted by Crippen LogP contribution is 2.37. The summed E-state index contributed by atoms with van der Waals surface area (Å²) >= 11 is 0. The molecule has 2 unspecified atom stereocenters. The van der Waals surface area contributed by atoms with Crippen molar-refractivity contribution in [1.29, 1.82) is 0 Å². The lowest BCUT2D eigenvalue weighted by Gasteiger charge is -2.34. The Labute approximate surface area is 145 Å². The van der Waals surface area contributed by atoms with Gasteiger partial charge in [-0.3, -0.25) is 4.90 Å². The van der Waals surface area contributed by atoms with Gasteiger partial charge in [-0.25, -0.2) is 13.2 Å². The molecule has 1 nitrogen and oxygen atoms in total. The molecule has 4 rings (SSSR count). The van der Waals surface area contributed by atoms with Crippen LogP contribution in [-0.2, 0) is 13.0 Å². The van der Waals surface area contributed by atoms with Gasteiger partial charge in [-0.1, -0.05) is 42.0 Å². The third kappa shape index (κ3) is 3.36. The van der Waals surface area contributed by atoms with Gasteiger partial charge in [-0.05, 0) is 48.9 Å². The molecular formula is C21H20F3N. The fourth-order valence-corrected chi connectivity index (χ4v) is 4.15. The molecule has 2 aliphatic rings. The number of hydrogen-bond donors (Lipinski definition) is 0. The zero-order chi connectivity index (χ0) is 17.4. The molecule has 2 atom stereocenters. The van der Waals surface area contributed by atoms with E-state index in [0.29, 0.717) is 24.1 Å². The Bertz CT molecular complexity index is 777. The van der Waals surface area contributed by atoms with Gasteiger partial charge in [0.25, 0.3) is 0 Å². The van der Waals surface area contributed by atoms with Crippen LogP contribution in [-0.4, -0.2) is 17.0 Å². The van der Waals surface area contributed by atoms with Gasteiger partial charge in [0.2, 0.25) is 0 Å². The summed E-state index contributed by atoms with van der Waals surface area (Å²) in [7, 11) is 0. The summed E-state index contributed by atoms with van der Waals surface area (Å²) < 4.78 is 40.0. The second-order valence-electron chi connectivity index (χ2n) is 7.04. The highest BCUT2D eigenvalue weighted by Gasteiger charge is 2.36. The van der Waals surface area contributed by atoms with E-state index >= 15 is 0 Å². The van der Waals surface area contributed by atoms with Crippen molar-refractivity contribution in [2.24, 2.45) is 0 Å². The van der Waals surface area contributed by atoms with Gasteiger partial charge in [-0.2, -0.15) is 0 Å². The molecule has 2 aromatic carbocycles. The molecule has 0 spiro atoms. The normalized spacial score (nSPS) is 22.9. The van der Waals surface area contributed by atoms with E-state index in [-0.39, 0.29) is 0 Å². The van der Waals surface area contributed by atoms with E-state index in [2.05, 4.69) is 35.2 Å². The molecule has 4 heteroatoms. The molecule has 0 saturated carbocycles. The highest BCUT2D eigenvalue weighted by molar-refractivity contribution is 5.28. The van der Waals surface area contributed by atoms with Gasteiger partial charge in [-0.15, -0.1) is 0 Å². The molecule has 0 radical (unpaired) electrons. The van der Waals surface area contributed by atoms with E-state index in [1.54, 1.807) is 0 Å². The van der Waals surface area contributed by atoms with Gasteiger partial charge in [0.05, 0.1) is 0 Å². The van der Waals surface area contributed by atoms with Crippen LogP contribution in [0.5, 0.6) is 0 Å². The Morgan fingerprint density at radius 3 is 2.32 bits per heavy atom. The topological polar surface area (TPSA) is 3.24 Å². The van der Waals surface area contributed by atoms with Crippen LogP contribution in [0, 0.1) is 17.5 Å². The van der Waals surface area contributed by atoms with E-state index in [0.717, 1.165) is 37.9 Å². The van der Waals surface area contributed by atoms with Crippen LogP contribution in [0.15, 0.2) is 54.1 Å². The summed E-state index contributed by atoms with van der Waals surface area (Å²) in [5, 5.41) is 0. The van der Waals surface area contributed by atoms with Crippen molar-refractivity contribution in [2.45, 2.75) is 44.3 Å². The van der Waals surface area contributed by atoms with E-state index in [1.807, 2.05) is 6.07 Å². The molecule has 2 bridgehead atoms. The van der Waals surface area contributed by atoms with Gasteiger partial charge in [0.1, 0.15) is 0 Å². The third-order valence-electron chi connectivity index (χ3n) is 5.30. The maximum Gasteiger partial charge on any atom is 0.194 e. The molecule has 2 aromatic rings. The average Bonchev–Trinajstić information content (AvgIpc) is 2.83. The van der Waals surface area contributed by atoms with Gasteiger partial charge in [0.15, 0.2) is 17.5 Å². The Balaban J connectivity index is 1.50. The lowest BCUT2D eigenvalue weighted by atomic mass is 9.94. The quantitative estimate of drug-likeness (QED) is 0.557. The Morgan fingerprint density at radius 1 is 0.920 bits per heavy atom. The van der Waals surface area contributed by atoms with Crippen molar-refractivity contribution in [3.63, 3.8) is 0 Å². The second kappa shape index (κ2) is 6.68. The minimum absolute atomic E-state index is 0.379. The molecule has 0 aliphatic carbocycles. The minimum Gasteiger partial charge on any atom is -0.289 e. The van der Waals surface area contributed by atoms with E-state index in [9.17, 15) is 13.2 Å². The van der Waals surface area contributed by atoms with E-state index in [1.165, 1.54) is 11.1 Å². The van der Waals surface area contributed by atoms with Crippen molar-refractivity contribution < 1.29 is 13.2 Å². The van der Waals surface area contributed by atoms with Gasteiger partial charge >= 0.3 is 0 Å². The van der Waals surface area contributed by atoms with Gasteiger partial charge < -0.3 is 0 Å². The third-order valence-corrected chi connectivity index (χ3v) is 5.30. The fraction of sp³-hybridized carbons (Fsp3) is 0.333. The van der Waals surface area contributed by atoms with E-state index < -0.39 is 17.5 Å². The van der Waals surface area contributed by atoms with Crippen molar-refractivity contribution in [3.05, 3.63) is 82.7 Å². The molecule has 0 amide bonds. The maximum absolute atomic E-state index is 13.4. The van der Waals surface area contributed by atoms with Crippen molar-refractivity contribution in [3.8, 4) is 0 Å². The zero-order valence-corrected chi connectivity index (χ0v) is 13.9. The van der Waals surface area contributed by atoms with Crippen LogP contribution in [0.2, 0.25) is 0 Å². The summed E-state index contributed by atoms with van der Waals surface area (Å²) in [5.74, 6) is -3.62. The summed E-state index contributed by atoms with van der Waals surface area (Å²) in [4.78, 5) is 2.52. The van der Waals surface area contributed by atoms with Gasteiger partial charge in [0, 0.05) is 18.6 Å². The smallest absolute Gasteiger partial charge is 0.194 e. The maximum atomic E-state index is 13.4. The Morgan fingerprint density at radius 2 is 1.64 bits per heavy atom. The number of hydrogen-bond acceptors (Lipinski definition) is 1. The summed E-state index contributed by atoms with van der Waals surface area (Å²) in [5.41, 5.74) is 3.00. The van der Waals surface area contributed by atoms with Crippen molar-refractivity contribution in [2.75, 3.05) is 0 Å². The molecule has 1 fully saturated rings. The standard InChI is InChI=1S/C21H20F3N/c22-19-11-16(12-20(23)21(19)24)8-15-9-17-6-7-18(10-15)25(17)13-14-4-2-1-3-5-14/h1-5,9,11-12,17-18H,6-8,10,13H2. The van der Waals surface area contributed by atoms with Crippen molar-refractivity contribution >= 4 is 0 Å². The lowest BCUT2D eigenvalue weighted by molar-refractivity contribution is 0.194. The van der Waals surface area contributed by atoms with Crippen LogP contribution >= 0.6 is 0 Å². The van der Waals surface area contributed by atoms with Crippen LogP contribution < -0.4 is 0 Å². The lowest BCUT2D eigenvalue weighted by Crippen LogP contribution is -2.38. The first-order valence-corrected chi connectivity index (χ1v) is 8.73. The number of nitrogens with zero attached hydrogens (tertiary/aromatic N) is 1.